The number of nitrogens with zero attached hydrogens (tertiary/aromatic N) is 1. The average Bonchev–Trinajstić information content (AvgIpc) is 2.13. The van der Waals surface area contributed by atoms with Crippen molar-refractivity contribution >= 4 is 5.91 Å². The minimum Gasteiger partial charge on any atom is -0.389 e. The van der Waals surface area contributed by atoms with Gasteiger partial charge in [0.1, 0.15) is 0 Å². The maximum Gasteiger partial charge on any atom is 0.249 e. The van der Waals surface area contributed by atoms with Crippen molar-refractivity contribution < 1.29 is 14.6 Å². The Morgan fingerprint density at radius 2 is 2.25 bits per heavy atom. The summed E-state index contributed by atoms with van der Waals surface area (Å²) in [4.78, 5) is 13.4. The molecule has 1 fully saturated rings. The largest absolute Gasteiger partial charge is 0.389 e. The van der Waals surface area contributed by atoms with E-state index in [2.05, 4.69) is 5.32 Å². The highest BCUT2D eigenvalue weighted by Gasteiger charge is 2.20. The van der Waals surface area contributed by atoms with E-state index in [1.165, 1.54) is 12.0 Å². The van der Waals surface area contributed by atoms with Crippen LogP contribution in [0, 0.1) is 0 Å². The van der Waals surface area contributed by atoms with Gasteiger partial charge in [0.25, 0.3) is 0 Å². The summed E-state index contributed by atoms with van der Waals surface area (Å²) in [5, 5.41) is 12.6. The van der Waals surface area contributed by atoms with Gasteiger partial charge in [-0.15, -0.1) is 0 Å². The van der Waals surface area contributed by atoms with Gasteiger partial charge in [-0.05, 0) is 12.5 Å². The first-order valence-corrected chi connectivity index (χ1v) is 5.38. The van der Waals surface area contributed by atoms with E-state index in [1.54, 1.807) is 7.05 Å². The molecule has 1 rings (SSSR count). The third-order valence-corrected chi connectivity index (χ3v) is 2.72. The van der Waals surface area contributed by atoms with Crippen LogP contribution in [0.25, 0.3) is 0 Å². The monoisotopic (exact) mass is 228 g/mol. The number of carbonyl (C=O) groups excluding carboxylic acids is 1. The second-order valence-electron chi connectivity index (χ2n) is 4.13. The molecule has 0 radical (unpaired) electrons. The average molecular weight is 228 g/mol. The molecule has 0 aliphatic carbocycles. The fourth-order valence-electron chi connectivity index (χ4n) is 1.60. The molecule has 1 saturated heterocycles. The van der Waals surface area contributed by atoms with E-state index in [4.69, 9.17) is 4.74 Å². The molecule has 92 valence electrons. The van der Waals surface area contributed by atoms with Crippen molar-refractivity contribution in [2.75, 3.05) is 40.4 Å². The molecule has 5 nitrogen and oxygen atoms in total. The first-order valence-electron chi connectivity index (χ1n) is 5.38. The van der Waals surface area contributed by atoms with E-state index in [-0.39, 0.29) is 12.5 Å². The van der Waals surface area contributed by atoms with E-state index >= 15 is 0 Å². The molecule has 16 heavy (non-hydrogen) atoms. The maximum absolute atomic E-state index is 11.9. The molecule has 0 spiro atoms. The molecule has 0 aromatic rings. The highest BCUT2D eigenvalue weighted by molar-refractivity contribution is 5.93. The van der Waals surface area contributed by atoms with Crippen LogP contribution in [0.15, 0.2) is 11.1 Å². The molecule has 1 unspecified atom stereocenters. The standard InChI is InChI=1S/C11H20N2O3/c1-8(9-4-12-5-9)11(15)13(2)6-10(14)7-16-3/h10,12,14H,4-7H2,1-3H3. The van der Waals surface area contributed by atoms with Crippen LogP contribution in [-0.4, -0.2) is 62.4 Å². The Hall–Kier alpha value is -0.910. The molecule has 1 amide bonds. The molecule has 1 atom stereocenters. The summed E-state index contributed by atoms with van der Waals surface area (Å²) in [5.41, 5.74) is 1.93. The van der Waals surface area contributed by atoms with Gasteiger partial charge in [0.05, 0.1) is 12.7 Å². The molecule has 1 aliphatic rings. The number of amides is 1. The Morgan fingerprint density at radius 1 is 1.62 bits per heavy atom. The number of nitrogens with one attached hydrogen (secondary N) is 1. The number of methoxy groups -OCH3 is 1. The Bertz CT molecular complexity index is 283. The van der Waals surface area contributed by atoms with Crippen LogP contribution < -0.4 is 5.32 Å². The summed E-state index contributed by atoms with van der Waals surface area (Å²) in [6.45, 7) is 3.97. The van der Waals surface area contributed by atoms with Gasteiger partial charge in [-0.1, -0.05) is 0 Å². The van der Waals surface area contributed by atoms with Gasteiger partial charge in [-0.25, -0.2) is 0 Å². The molecular weight excluding hydrogens is 208 g/mol. The van der Waals surface area contributed by atoms with Crippen molar-refractivity contribution in [3.05, 3.63) is 11.1 Å². The summed E-state index contributed by atoms with van der Waals surface area (Å²) in [6, 6.07) is 0. The SMILES string of the molecule is COCC(O)CN(C)C(=O)C(C)=C1CNC1. The van der Waals surface area contributed by atoms with Crippen molar-refractivity contribution in [1.29, 1.82) is 0 Å². The zero-order chi connectivity index (χ0) is 12.1. The fraction of sp³-hybridized carbons (Fsp3) is 0.727. The Morgan fingerprint density at radius 3 is 2.69 bits per heavy atom. The Labute approximate surface area is 96.1 Å². The molecule has 0 bridgehead atoms. The fourth-order valence-corrected chi connectivity index (χ4v) is 1.60. The number of ether oxygens (including phenoxy) is 1. The quantitative estimate of drug-likeness (QED) is 0.615. The van der Waals surface area contributed by atoms with Gasteiger partial charge in [-0.3, -0.25) is 4.79 Å². The molecule has 5 heteroatoms. The molecule has 0 aromatic carbocycles. The van der Waals surface area contributed by atoms with Gasteiger partial charge in [0, 0.05) is 39.4 Å². The number of rotatable bonds is 5. The lowest BCUT2D eigenvalue weighted by Gasteiger charge is -2.25. The smallest absolute Gasteiger partial charge is 0.249 e. The number of hydrogen-bond acceptors (Lipinski definition) is 4. The van der Waals surface area contributed by atoms with Gasteiger partial charge in [0.2, 0.25) is 5.91 Å². The van der Waals surface area contributed by atoms with E-state index in [0.29, 0.717) is 6.54 Å². The lowest BCUT2D eigenvalue weighted by atomic mass is 10.0. The maximum atomic E-state index is 11.9. The minimum atomic E-state index is -0.628. The van der Waals surface area contributed by atoms with Crippen LogP contribution in [0.5, 0.6) is 0 Å². The summed E-state index contributed by atoms with van der Waals surface area (Å²) in [5.74, 6) is -0.0216. The molecule has 0 saturated carbocycles. The number of hydrogen-bond donors (Lipinski definition) is 2. The highest BCUT2D eigenvalue weighted by Crippen LogP contribution is 2.11. The molecule has 2 N–H and O–H groups in total. The van der Waals surface area contributed by atoms with Gasteiger partial charge >= 0.3 is 0 Å². The third kappa shape index (κ3) is 3.30. The van der Waals surface area contributed by atoms with Crippen LogP contribution in [-0.2, 0) is 9.53 Å². The van der Waals surface area contributed by atoms with Crippen molar-refractivity contribution in [3.63, 3.8) is 0 Å². The zero-order valence-electron chi connectivity index (χ0n) is 10.1. The highest BCUT2D eigenvalue weighted by atomic mass is 16.5. The van der Waals surface area contributed by atoms with Crippen LogP contribution in [0.1, 0.15) is 6.92 Å². The predicted molar refractivity (Wildman–Crippen MR) is 61.1 cm³/mol. The lowest BCUT2D eigenvalue weighted by Crippen LogP contribution is -2.40. The van der Waals surface area contributed by atoms with Crippen molar-refractivity contribution in [2.24, 2.45) is 0 Å². The van der Waals surface area contributed by atoms with E-state index in [1.807, 2.05) is 6.92 Å². The minimum absolute atomic E-state index is 0.0216. The Balaban J connectivity index is 2.47. The number of aliphatic hydroxyl groups excluding tert-OH is 1. The second-order valence-corrected chi connectivity index (χ2v) is 4.13. The van der Waals surface area contributed by atoms with Gasteiger partial charge < -0.3 is 20.1 Å². The molecule has 1 heterocycles. The van der Waals surface area contributed by atoms with Crippen molar-refractivity contribution in [3.8, 4) is 0 Å². The second kappa shape index (κ2) is 5.98. The van der Waals surface area contributed by atoms with Crippen LogP contribution in [0.3, 0.4) is 0 Å². The normalized spacial score (nSPS) is 16.6. The first-order chi connectivity index (χ1) is 7.56. The number of carbonyl (C=O) groups is 1. The van der Waals surface area contributed by atoms with Gasteiger partial charge in [-0.2, -0.15) is 0 Å². The van der Waals surface area contributed by atoms with Crippen molar-refractivity contribution in [1.82, 2.24) is 10.2 Å². The summed E-state index contributed by atoms with van der Waals surface area (Å²) < 4.78 is 4.81. The Kier molecular flexibility index (Phi) is 4.92. The van der Waals surface area contributed by atoms with Crippen molar-refractivity contribution in [2.45, 2.75) is 13.0 Å². The predicted octanol–water partition coefficient (Wildman–Crippen LogP) is -0.628. The van der Waals surface area contributed by atoms with Crippen LogP contribution in [0.4, 0.5) is 0 Å². The van der Waals surface area contributed by atoms with Crippen LogP contribution >= 0.6 is 0 Å². The molecule has 0 aromatic heterocycles. The summed E-state index contributed by atoms with van der Waals surface area (Å²) in [6.07, 6.45) is -0.628. The third-order valence-electron chi connectivity index (χ3n) is 2.72. The van der Waals surface area contributed by atoms with Crippen LogP contribution in [0.2, 0.25) is 0 Å². The topological polar surface area (TPSA) is 61.8 Å². The summed E-state index contributed by atoms with van der Waals surface area (Å²) >= 11 is 0. The molecule has 1 aliphatic heterocycles. The van der Waals surface area contributed by atoms with E-state index < -0.39 is 6.10 Å². The zero-order valence-corrected chi connectivity index (χ0v) is 10.1. The molecular formula is C11H20N2O3. The lowest BCUT2D eigenvalue weighted by molar-refractivity contribution is -0.127. The first kappa shape index (κ1) is 13.2. The van der Waals surface area contributed by atoms with E-state index in [0.717, 1.165) is 24.2 Å². The van der Waals surface area contributed by atoms with E-state index in [9.17, 15) is 9.90 Å². The van der Waals surface area contributed by atoms with Gasteiger partial charge in [0.15, 0.2) is 0 Å². The number of likely N-dealkylation sites (N-methyl/N-ethyl adjacent to an activating group) is 1. The number of aliphatic hydroxyl groups is 1. The summed E-state index contributed by atoms with van der Waals surface area (Å²) in [7, 11) is 3.22.